The number of aliphatic hydroxyl groups excluding tert-OH is 1. The molecule has 1 unspecified atom stereocenters. The summed E-state index contributed by atoms with van der Waals surface area (Å²) < 4.78 is 13.3. The summed E-state index contributed by atoms with van der Waals surface area (Å²) in [6.07, 6.45) is 3.31. The van der Waals surface area contributed by atoms with Crippen molar-refractivity contribution in [2.75, 3.05) is 13.1 Å². The van der Waals surface area contributed by atoms with Crippen LogP contribution in [0.15, 0.2) is 24.4 Å². The van der Waals surface area contributed by atoms with Crippen LogP contribution in [0.3, 0.4) is 0 Å². The van der Waals surface area contributed by atoms with Gasteiger partial charge in [-0.15, -0.1) is 0 Å². The second-order valence-electron chi connectivity index (χ2n) is 5.29. The fourth-order valence-electron chi connectivity index (χ4n) is 2.29. The number of benzene rings is 1. The third-order valence-electron chi connectivity index (χ3n) is 3.64. The van der Waals surface area contributed by atoms with E-state index in [9.17, 15) is 14.3 Å². The molecule has 0 saturated heterocycles. The molecular formula is C16H22FN3O2. The molecule has 5 nitrogen and oxygen atoms in total. The van der Waals surface area contributed by atoms with Gasteiger partial charge in [0.15, 0.2) is 0 Å². The third kappa shape index (κ3) is 4.46. The highest BCUT2D eigenvalue weighted by Gasteiger charge is 2.06. The summed E-state index contributed by atoms with van der Waals surface area (Å²) in [4.78, 5) is 14.7. The van der Waals surface area contributed by atoms with E-state index < -0.39 is 0 Å². The molecule has 120 valence electrons. The van der Waals surface area contributed by atoms with Crippen molar-refractivity contribution in [2.45, 2.75) is 32.3 Å². The van der Waals surface area contributed by atoms with Crippen molar-refractivity contribution >= 4 is 16.9 Å². The Labute approximate surface area is 128 Å². The van der Waals surface area contributed by atoms with Crippen LogP contribution in [0.5, 0.6) is 0 Å². The highest BCUT2D eigenvalue weighted by atomic mass is 19.1. The molecule has 6 heteroatoms. The molecule has 0 radical (unpaired) electrons. The van der Waals surface area contributed by atoms with Crippen LogP contribution in [0.4, 0.5) is 9.18 Å². The number of aliphatic hydroxyl groups is 1. The molecule has 0 fully saturated rings. The lowest BCUT2D eigenvalue weighted by Crippen LogP contribution is -2.37. The number of amides is 2. The smallest absolute Gasteiger partial charge is 0.314 e. The van der Waals surface area contributed by atoms with E-state index in [1.54, 1.807) is 6.07 Å². The predicted octanol–water partition coefficient (Wildman–Crippen LogP) is 2.31. The van der Waals surface area contributed by atoms with Crippen molar-refractivity contribution in [3.8, 4) is 0 Å². The molecule has 1 atom stereocenters. The summed E-state index contributed by atoms with van der Waals surface area (Å²) in [7, 11) is 0. The SMILES string of the molecule is CCC(O)CCNC(=O)NCCc1c[nH]c2ccc(F)cc12. The predicted molar refractivity (Wildman–Crippen MR) is 84.3 cm³/mol. The van der Waals surface area contributed by atoms with E-state index in [1.165, 1.54) is 12.1 Å². The average molecular weight is 307 g/mol. The Bertz CT molecular complexity index is 627. The minimum atomic E-state index is -0.374. The van der Waals surface area contributed by atoms with Crippen molar-refractivity contribution in [3.05, 3.63) is 35.8 Å². The molecule has 1 heterocycles. The number of halogens is 1. The standard InChI is InChI=1S/C16H22FN3O2/c1-2-13(21)6-8-19-16(22)18-7-5-11-10-20-15-4-3-12(17)9-14(11)15/h3-4,9-10,13,20-21H,2,5-8H2,1H3,(H2,18,19,22). The maximum atomic E-state index is 13.3. The van der Waals surface area contributed by atoms with Crippen LogP contribution >= 0.6 is 0 Å². The normalized spacial score (nSPS) is 12.3. The molecule has 22 heavy (non-hydrogen) atoms. The quantitative estimate of drug-likeness (QED) is 0.633. The van der Waals surface area contributed by atoms with Crippen LogP contribution in [0, 0.1) is 5.82 Å². The van der Waals surface area contributed by atoms with Gasteiger partial charge in [0.1, 0.15) is 5.82 Å². The largest absolute Gasteiger partial charge is 0.393 e. The number of nitrogens with one attached hydrogen (secondary N) is 3. The zero-order valence-electron chi connectivity index (χ0n) is 12.7. The van der Waals surface area contributed by atoms with Crippen molar-refractivity contribution in [3.63, 3.8) is 0 Å². The molecule has 2 aromatic rings. The Morgan fingerprint density at radius 3 is 2.91 bits per heavy atom. The number of rotatable bonds is 7. The number of carbonyl (C=O) groups is 1. The van der Waals surface area contributed by atoms with Gasteiger partial charge in [-0.3, -0.25) is 0 Å². The van der Waals surface area contributed by atoms with Gasteiger partial charge in [-0.2, -0.15) is 0 Å². The minimum absolute atomic E-state index is 0.255. The molecule has 0 saturated carbocycles. The molecule has 0 aliphatic heterocycles. The zero-order valence-corrected chi connectivity index (χ0v) is 12.7. The van der Waals surface area contributed by atoms with Crippen molar-refractivity contribution in [2.24, 2.45) is 0 Å². The highest BCUT2D eigenvalue weighted by molar-refractivity contribution is 5.83. The van der Waals surface area contributed by atoms with Gasteiger partial charge in [-0.1, -0.05) is 6.92 Å². The first kappa shape index (κ1) is 16.3. The Balaban J connectivity index is 1.75. The van der Waals surface area contributed by atoms with Gasteiger partial charge < -0.3 is 20.7 Å². The van der Waals surface area contributed by atoms with Crippen molar-refractivity contribution < 1.29 is 14.3 Å². The molecule has 0 aliphatic carbocycles. The molecule has 1 aromatic heterocycles. The number of H-pyrrole nitrogens is 1. The minimum Gasteiger partial charge on any atom is -0.393 e. The Hall–Kier alpha value is -2.08. The number of urea groups is 1. The number of carbonyl (C=O) groups excluding carboxylic acids is 1. The lowest BCUT2D eigenvalue weighted by Gasteiger charge is -2.10. The summed E-state index contributed by atoms with van der Waals surface area (Å²) >= 11 is 0. The highest BCUT2D eigenvalue weighted by Crippen LogP contribution is 2.19. The lowest BCUT2D eigenvalue weighted by atomic mass is 10.1. The van der Waals surface area contributed by atoms with Crippen LogP contribution < -0.4 is 10.6 Å². The first-order valence-corrected chi connectivity index (χ1v) is 7.55. The maximum absolute atomic E-state index is 13.3. The molecule has 2 amide bonds. The molecule has 0 bridgehead atoms. The number of hydrogen-bond acceptors (Lipinski definition) is 2. The second kappa shape index (κ2) is 7.79. The molecule has 1 aromatic carbocycles. The lowest BCUT2D eigenvalue weighted by molar-refractivity contribution is 0.160. The topological polar surface area (TPSA) is 77.2 Å². The van der Waals surface area contributed by atoms with E-state index in [2.05, 4.69) is 15.6 Å². The molecular weight excluding hydrogens is 285 g/mol. The summed E-state index contributed by atoms with van der Waals surface area (Å²) in [5.41, 5.74) is 1.85. The number of hydrogen-bond donors (Lipinski definition) is 4. The van der Waals surface area contributed by atoms with E-state index in [0.29, 0.717) is 32.4 Å². The van der Waals surface area contributed by atoms with Gasteiger partial charge in [0, 0.05) is 30.2 Å². The van der Waals surface area contributed by atoms with E-state index >= 15 is 0 Å². The van der Waals surface area contributed by atoms with Crippen LogP contribution in [-0.4, -0.2) is 35.3 Å². The van der Waals surface area contributed by atoms with Crippen molar-refractivity contribution in [1.29, 1.82) is 0 Å². The number of aromatic nitrogens is 1. The van der Waals surface area contributed by atoms with Crippen LogP contribution in [0.2, 0.25) is 0 Å². The maximum Gasteiger partial charge on any atom is 0.314 e. The van der Waals surface area contributed by atoms with Gasteiger partial charge in [-0.05, 0) is 43.0 Å². The zero-order chi connectivity index (χ0) is 15.9. The summed E-state index contributed by atoms with van der Waals surface area (Å²) in [5, 5.41) is 15.7. The monoisotopic (exact) mass is 307 g/mol. The summed E-state index contributed by atoms with van der Waals surface area (Å²) in [5.74, 6) is -0.270. The average Bonchev–Trinajstić information content (AvgIpc) is 2.89. The van der Waals surface area contributed by atoms with Crippen LogP contribution in [-0.2, 0) is 6.42 Å². The second-order valence-corrected chi connectivity index (χ2v) is 5.29. The van der Waals surface area contributed by atoms with Gasteiger partial charge in [0.25, 0.3) is 0 Å². The molecule has 0 spiro atoms. The van der Waals surface area contributed by atoms with Crippen molar-refractivity contribution in [1.82, 2.24) is 15.6 Å². The Morgan fingerprint density at radius 1 is 1.36 bits per heavy atom. The van der Waals surface area contributed by atoms with E-state index in [4.69, 9.17) is 0 Å². The van der Waals surface area contributed by atoms with Gasteiger partial charge in [0.2, 0.25) is 0 Å². The van der Waals surface area contributed by atoms with E-state index in [0.717, 1.165) is 16.5 Å². The Morgan fingerprint density at radius 2 is 2.14 bits per heavy atom. The third-order valence-corrected chi connectivity index (χ3v) is 3.64. The fourth-order valence-corrected chi connectivity index (χ4v) is 2.29. The molecule has 2 rings (SSSR count). The summed E-state index contributed by atoms with van der Waals surface area (Å²) in [6.45, 7) is 2.81. The Kier molecular flexibility index (Phi) is 5.77. The molecule has 4 N–H and O–H groups in total. The van der Waals surface area contributed by atoms with Gasteiger partial charge in [0.05, 0.1) is 6.10 Å². The van der Waals surface area contributed by atoms with E-state index in [-0.39, 0.29) is 18.0 Å². The van der Waals surface area contributed by atoms with Crippen LogP contribution in [0.25, 0.3) is 10.9 Å². The molecule has 0 aliphatic rings. The number of fused-ring (bicyclic) bond motifs is 1. The van der Waals surface area contributed by atoms with E-state index in [1.807, 2.05) is 13.1 Å². The number of aromatic amines is 1. The summed E-state index contributed by atoms with van der Waals surface area (Å²) in [6, 6.07) is 4.36. The fraction of sp³-hybridized carbons (Fsp3) is 0.438. The first-order valence-electron chi connectivity index (χ1n) is 7.55. The first-order chi connectivity index (χ1) is 10.6. The van der Waals surface area contributed by atoms with Gasteiger partial charge in [-0.25, -0.2) is 9.18 Å². The van der Waals surface area contributed by atoms with Gasteiger partial charge >= 0.3 is 6.03 Å². The van der Waals surface area contributed by atoms with Crippen LogP contribution in [0.1, 0.15) is 25.3 Å².